The predicted molar refractivity (Wildman–Crippen MR) is 93.1 cm³/mol. The van der Waals surface area contributed by atoms with Crippen LogP contribution in [-0.4, -0.2) is 29.1 Å². The second-order valence-electron chi connectivity index (χ2n) is 5.63. The third kappa shape index (κ3) is 3.59. The molecule has 1 aliphatic heterocycles. The van der Waals surface area contributed by atoms with Gasteiger partial charge in [-0.25, -0.2) is 0 Å². The van der Waals surface area contributed by atoms with Crippen LogP contribution in [0.25, 0.3) is 10.4 Å². The van der Waals surface area contributed by atoms with Crippen LogP contribution in [-0.2, 0) is 11.3 Å². The molecule has 0 aliphatic carbocycles. The molecule has 3 nitrogen and oxygen atoms in total. The molecule has 0 spiro atoms. The van der Waals surface area contributed by atoms with E-state index in [2.05, 4.69) is 51.2 Å². The SMILES string of the molecule is O=C(O)C1CCN(Cc2ccc(-c3ccccc3Br)s2)CC1. The second-order valence-corrected chi connectivity index (χ2v) is 7.66. The number of likely N-dealkylation sites (tertiary alicyclic amines) is 1. The van der Waals surface area contributed by atoms with E-state index in [1.54, 1.807) is 0 Å². The maximum absolute atomic E-state index is 11.0. The number of thiophene rings is 1. The largest absolute Gasteiger partial charge is 0.481 e. The maximum atomic E-state index is 11.0. The number of carbonyl (C=O) groups is 1. The van der Waals surface area contributed by atoms with Gasteiger partial charge in [-0.15, -0.1) is 11.3 Å². The minimum absolute atomic E-state index is 0.157. The molecule has 0 saturated carbocycles. The lowest BCUT2D eigenvalue weighted by atomic mass is 9.97. The Balaban J connectivity index is 1.63. The van der Waals surface area contributed by atoms with Crippen molar-refractivity contribution < 1.29 is 9.90 Å². The molecular weight excluding hydrogens is 362 g/mol. The van der Waals surface area contributed by atoms with Crippen molar-refractivity contribution >= 4 is 33.2 Å². The molecule has 1 fully saturated rings. The van der Waals surface area contributed by atoms with Crippen LogP contribution < -0.4 is 0 Å². The van der Waals surface area contributed by atoms with Crippen LogP contribution >= 0.6 is 27.3 Å². The first kappa shape index (κ1) is 15.7. The molecule has 5 heteroatoms. The van der Waals surface area contributed by atoms with Crippen molar-refractivity contribution in [2.75, 3.05) is 13.1 Å². The number of carboxylic acid groups (broad SMARTS) is 1. The highest BCUT2D eigenvalue weighted by molar-refractivity contribution is 9.10. The monoisotopic (exact) mass is 379 g/mol. The van der Waals surface area contributed by atoms with Gasteiger partial charge < -0.3 is 5.11 Å². The second kappa shape index (κ2) is 6.94. The lowest BCUT2D eigenvalue weighted by molar-refractivity contribution is -0.143. The van der Waals surface area contributed by atoms with Gasteiger partial charge >= 0.3 is 5.97 Å². The third-order valence-corrected chi connectivity index (χ3v) is 5.91. The molecule has 0 atom stereocenters. The highest BCUT2D eigenvalue weighted by Crippen LogP contribution is 2.34. The van der Waals surface area contributed by atoms with Crippen molar-refractivity contribution in [3.05, 3.63) is 45.7 Å². The summed E-state index contributed by atoms with van der Waals surface area (Å²) in [4.78, 5) is 15.9. The molecule has 0 amide bonds. The fraction of sp³-hybridized carbons (Fsp3) is 0.353. The quantitative estimate of drug-likeness (QED) is 0.851. The molecule has 22 heavy (non-hydrogen) atoms. The number of piperidine rings is 1. The molecule has 1 saturated heterocycles. The van der Waals surface area contributed by atoms with Crippen LogP contribution in [0.2, 0.25) is 0 Å². The number of carboxylic acids is 1. The standard InChI is InChI=1S/C17H18BrNO2S/c18-15-4-2-1-3-14(15)16-6-5-13(22-16)11-19-9-7-12(8-10-19)17(20)21/h1-6,12H,7-11H2,(H,20,21). The summed E-state index contributed by atoms with van der Waals surface area (Å²) < 4.78 is 1.12. The summed E-state index contributed by atoms with van der Waals surface area (Å²) in [6.07, 6.45) is 1.52. The van der Waals surface area contributed by atoms with Crippen molar-refractivity contribution in [1.82, 2.24) is 4.90 Å². The Kier molecular flexibility index (Phi) is 4.96. The number of hydrogen-bond acceptors (Lipinski definition) is 3. The Morgan fingerprint density at radius 2 is 1.95 bits per heavy atom. The van der Waals surface area contributed by atoms with Crippen LogP contribution in [0.3, 0.4) is 0 Å². The zero-order chi connectivity index (χ0) is 15.5. The number of aliphatic carboxylic acids is 1. The maximum Gasteiger partial charge on any atom is 0.306 e. The molecule has 0 radical (unpaired) electrons. The summed E-state index contributed by atoms with van der Waals surface area (Å²) in [5.74, 6) is -0.803. The number of hydrogen-bond donors (Lipinski definition) is 1. The summed E-state index contributed by atoms with van der Waals surface area (Å²) in [6, 6.07) is 12.6. The van der Waals surface area contributed by atoms with Crippen LogP contribution in [0.1, 0.15) is 17.7 Å². The normalized spacial score (nSPS) is 16.8. The van der Waals surface area contributed by atoms with Gasteiger partial charge in [0.2, 0.25) is 0 Å². The minimum Gasteiger partial charge on any atom is -0.481 e. The molecule has 1 aliphatic rings. The average Bonchev–Trinajstić information content (AvgIpc) is 2.96. The zero-order valence-electron chi connectivity index (χ0n) is 12.2. The molecule has 2 aromatic rings. The highest BCUT2D eigenvalue weighted by atomic mass is 79.9. The van der Waals surface area contributed by atoms with Gasteiger partial charge in [0.15, 0.2) is 0 Å². The lowest BCUT2D eigenvalue weighted by Crippen LogP contribution is -2.35. The van der Waals surface area contributed by atoms with E-state index >= 15 is 0 Å². The van der Waals surface area contributed by atoms with Gasteiger partial charge in [0.05, 0.1) is 5.92 Å². The van der Waals surface area contributed by atoms with Crippen LogP contribution in [0.5, 0.6) is 0 Å². The first-order chi connectivity index (χ1) is 10.6. The van der Waals surface area contributed by atoms with Gasteiger partial charge in [-0.1, -0.05) is 34.1 Å². The Labute approximate surface area is 142 Å². The summed E-state index contributed by atoms with van der Waals surface area (Å²) in [5, 5.41) is 9.05. The van der Waals surface area contributed by atoms with Crippen molar-refractivity contribution in [2.45, 2.75) is 19.4 Å². The molecule has 116 valence electrons. The van der Waals surface area contributed by atoms with E-state index in [0.29, 0.717) is 0 Å². The van der Waals surface area contributed by atoms with Gasteiger partial charge in [-0.3, -0.25) is 9.69 Å². The molecular formula is C17H18BrNO2S. The first-order valence-corrected chi connectivity index (χ1v) is 9.03. The van der Waals surface area contributed by atoms with Crippen LogP contribution in [0, 0.1) is 5.92 Å². The molecule has 1 N–H and O–H groups in total. The summed E-state index contributed by atoms with van der Waals surface area (Å²) in [6.45, 7) is 2.67. The fourth-order valence-electron chi connectivity index (χ4n) is 2.83. The van der Waals surface area contributed by atoms with Crippen molar-refractivity contribution in [3.8, 4) is 10.4 Å². The first-order valence-electron chi connectivity index (χ1n) is 7.42. The molecule has 1 aromatic heterocycles. The van der Waals surface area contributed by atoms with Crippen LogP contribution in [0.4, 0.5) is 0 Å². The topological polar surface area (TPSA) is 40.5 Å². The summed E-state index contributed by atoms with van der Waals surface area (Å²) in [7, 11) is 0. The summed E-state index contributed by atoms with van der Waals surface area (Å²) >= 11 is 5.41. The number of rotatable bonds is 4. The number of nitrogens with zero attached hydrogens (tertiary/aromatic N) is 1. The Morgan fingerprint density at radius 3 is 2.64 bits per heavy atom. The van der Waals surface area contributed by atoms with E-state index in [9.17, 15) is 4.79 Å². The van der Waals surface area contributed by atoms with Crippen LogP contribution in [0.15, 0.2) is 40.9 Å². The molecule has 0 bridgehead atoms. The summed E-state index contributed by atoms with van der Waals surface area (Å²) in [5.41, 5.74) is 1.23. The zero-order valence-corrected chi connectivity index (χ0v) is 14.6. The van der Waals surface area contributed by atoms with Crippen molar-refractivity contribution in [3.63, 3.8) is 0 Å². The van der Waals surface area contributed by atoms with Gasteiger partial charge in [-0.2, -0.15) is 0 Å². The molecule has 3 rings (SSSR count). The molecule has 0 unspecified atom stereocenters. The minimum atomic E-state index is -0.646. The van der Waals surface area contributed by atoms with Gasteiger partial charge in [0.1, 0.15) is 0 Å². The Morgan fingerprint density at radius 1 is 1.23 bits per heavy atom. The fourth-order valence-corrected chi connectivity index (χ4v) is 4.55. The van der Waals surface area contributed by atoms with E-state index < -0.39 is 5.97 Å². The Hall–Kier alpha value is -1.17. The van der Waals surface area contributed by atoms with Gasteiger partial charge in [-0.05, 0) is 44.1 Å². The van der Waals surface area contributed by atoms with E-state index in [0.717, 1.165) is 36.9 Å². The lowest BCUT2D eigenvalue weighted by Gasteiger charge is -2.29. The van der Waals surface area contributed by atoms with Crippen molar-refractivity contribution in [1.29, 1.82) is 0 Å². The van der Waals surface area contributed by atoms with E-state index in [1.165, 1.54) is 15.3 Å². The number of benzene rings is 1. The smallest absolute Gasteiger partial charge is 0.306 e. The van der Waals surface area contributed by atoms with Crippen molar-refractivity contribution in [2.24, 2.45) is 5.92 Å². The van der Waals surface area contributed by atoms with E-state index in [4.69, 9.17) is 5.11 Å². The Bertz CT molecular complexity index is 662. The van der Waals surface area contributed by atoms with E-state index in [-0.39, 0.29) is 5.92 Å². The predicted octanol–water partition coefficient (Wildman–Crippen LogP) is 4.47. The molecule has 1 aromatic carbocycles. The highest BCUT2D eigenvalue weighted by Gasteiger charge is 2.24. The molecule has 2 heterocycles. The van der Waals surface area contributed by atoms with E-state index in [1.807, 2.05) is 17.4 Å². The van der Waals surface area contributed by atoms with Gasteiger partial charge in [0.25, 0.3) is 0 Å². The van der Waals surface area contributed by atoms with Gasteiger partial charge in [0, 0.05) is 26.3 Å². The third-order valence-electron chi connectivity index (χ3n) is 4.12. The average molecular weight is 380 g/mol. The number of halogens is 1.